The lowest BCUT2D eigenvalue weighted by Gasteiger charge is -2.11. The minimum Gasteiger partial charge on any atom is -0.494 e. The fourth-order valence-corrected chi connectivity index (χ4v) is 2.52. The van der Waals surface area contributed by atoms with Gasteiger partial charge in [-0.2, -0.15) is 0 Å². The molecule has 0 saturated carbocycles. The van der Waals surface area contributed by atoms with E-state index in [0.29, 0.717) is 22.9 Å². The smallest absolute Gasteiger partial charge is 0.262 e. The third-order valence-electron chi connectivity index (χ3n) is 3.83. The van der Waals surface area contributed by atoms with E-state index in [1.165, 1.54) is 7.11 Å². The molecule has 0 bridgehead atoms. The Labute approximate surface area is 152 Å². The number of rotatable bonds is 6. The summed E-state index contributed by atoms with van der Waals surface area (Å²) < 4.78 is 10.8. The lowest BCUT2D eigenvalue weighted by molar-refractivity contribution is -0.118. The van der Waals surface area contributed by atoms with E-state index < -0.39 is 0 Å². The molecule has 0 fully saturated rings. The van der Waals surface area contributed by atoms with Gasteiger partial charge in [0.1, 0.15) is 11.5 Å². The molecule has 0 aliphatic heterocycles. The topological polar surface area (TPSA) is 73.6 Å². The van der Waals surface area contributed by atoms with Gasteiger partial charge in [0.15, 0.2) is 6.61 Å². The first kappa shape index (κ1) is 17.4. The van der Waals surface area contributed by atoms with Gasteiger partial charge in [-0.3, -0.25) is 4.79 Å². The number of amides is 1. The lowest BCUT2D eigenvalue weighted by atomic mass is 10.1. The molecule has 1 amide bonds. The molecule has 0 aliphatic rings. The average molecular weight is 348 g/mol. The molecule has 3 aromatic carbocycles. The summed E-state index contributed by atoms with van der Waals surface area (Å²) in [4.78, 5) is 12.1. The van der Waals surface area contributed by atoms with Crippen LogP contribution in [0.4, 0.5) is 11.4 Å². The Morgan fingerprint density at radius 2 is 1.65 bits per heavy atom. The fraction of sp³-hybridized carbons (Fsp3) is 0.0952. The summed E-state index contributed by atoms with van der Waals surface area (Å²) in [6.07, 6.45) is 0. The molecule has 5 heteroatoms. The van der Waals surface area contributed by atoms with Crippen LogP contribution in [0.1, 0.15) is 0 Å². The summed E-state index contributed by atoms with van der Waals surface area (Å²) in [5.74, 6) is 0.856. The van der Waals surface area contributed by atoms with Crippen LogP contribution in [-0.2, 0) is 4.79 Å². The molecule has 3 aromatic rings. The van der Waals surface area contributed by atoms with E-state index in [0.717, 1.165) is 11.1 Å². The first-order chi connectivity index (χ1) is 12.7. The molecule has 26 heavy (non-hydrogen) atoms. The largest absolute Gasteiger partial charge is 0.494 e. The molecule has 0 aliphatic carbocycles. The second kappa shape index (κ2) is 8.07. The van der Waals surface area contributed by atoms with Crippen LogP contribution < -0.4 is 20.5 Å². The van der Waals surface area contributed by atoms with Gasteiger partial charge >= 0.3 is 0 Å². The number of benzene rings is 3. The third kappa shape index (κ3) is 4.33. The molecule has 0 saturated heterocycles. The number of anilines is 2. The number of nitrogens with one attached hydrogen (secondary N) is 1. The summed E-state index contributed by atoms with van der Waals surface area (Å²) >= 11 is 0. The van der Waals surface area contributed by atoms with Gasteiger partial charge in [-0.15, -0.1) is 0 Å². The number of nitrogens with two attached hydrogens (primary N) is 1. The Bertz CT molecular complexity index is 878. The Kier molecular flexibility index (Phi) is 5.39. The second-order valence-corrected chi connectivity index (χ2v) is 5.69. The van der Waals surface area contributed by atoms with Crippen LogP contribution in [0.2, 0.25) is 0 Å². The Morgan fingerprint density at radius 3 is 2.35 bits per heavy atom. The van der Waals surface area contributed by atoms with Gasteiger partial charge in [0.2, 0.25) is 0 Å². The Morgan fingerprint density at radius 1 is 0.962 bits per heavy atom. The average Bonchev–Trinajstić information content (AvgIpc) is 2.69. The van der Waals surface area contributed by atoms with Crippen molar-refractivity contribution < 1.29 is 14.3 Å². The number of hydrogen-bond donors (Lipinski definition) is 2. The SMILES string of the molecule is COc1cc(N)ccc1NC(=O)COc1ccc(-c2ccccc2)cc1. The Hall–Kier alpha value is -3.47. The molecule has 3 N–H and O–H groups in total. The van der Waals surface area contributed by atoms with Crippen LogP contribution in [0.5, 0.6) is 11.5 Å². The zero-order valence-corrected chi connectivity index (χ0v) is 14.4. The van der Waals surface area contributed by atoms with Crippen molar-refractivity contribution in [3.05, 3.63) is 72.8 Å². The number of carbonyl (C=O) groups is 1. The lowest BCUT2D eigenvalue weighted by Crippen LogP contribution is -2.20. The first-order valence-corrected chi connectivity index (χ1v) is 8.17. The van der Waals surface area contributed by atoms with Gasteiger partial charge in [-0.1, -0.05) is 42.5 Å². The third-order valence-corrected chi connectivity index (χ3v) is 3.83. The van der Waals surface area contributed by atoms with Gasteiger partial charge in [-0.05, 0) is 35.4 Å². The highest BCUT2D eigenvalue weighted by Crippen LogP contribution is 2.26. The van der Waals surface area contributed by atoms with Crippen LogP contribution in [0.3, 0.4) is 0 Å². The standard InChI is InChI=1S/C21H20N2O3/c1-25-20-13-17(22)9-12-19(20)23-21(24)14-26-18-10-7-16(8-11-18)15-5-3-2-4-6-15/h2-13H,14,22H2,1H3,(H,23,24). The highest BCUT2D eigenvalue weighted by molar-refractivity contribution is 5.93. The van der Waals surface area contributed by atoms with Crippen molar-refractivity contribution in [2.24, 2.45) is 0 Å². The number of methoxy groups -OCH3 is 1. The highest BCUT2D eigenvalue weighted by Gasteiger charge is 2.09. The van der Waals surface area contributed by atoms with Crippen LogP contribution >= 0.6 is 0 Å². The van der Waals surface area contributed by atoms with E-state index in [1.807, 2.05) is 54.6 Å². The maximum Gasteiger partial charge on any atom is 0.262 e. The van der Waals surface area contributed by atoms with Crippen molar-refractivity contribution in [3.8, 4) is 22.6 Å². The van der Waals surface area contributed by atoms with E-state index in [9.17, 15) is 4.79 Å². The van der Waals surface area contributed by atoms with Crippen molar-refractivity contribution in [2.75, 3.05) is 24.8 Å². The summed E-state index contributed by atoms with van der Waals surface area (Å²) in [7, 11) is 1.52. The van der Waals surface area contributed by atoms with Gasteiger partial charge in [0.05, 0.1) is 12.8 Å². The van der Waals surface area contributed by atoms with Crippen molar-refractivity contribution in [2.45, 2.75) is 0 Å². The van der Waals surface area contributed by atoms with Gasteiger partial charge in [-0.25, -0.2) is 0 Å². The highest BCUT2D eigenvalue weighted by atomic mass is 16.5. The molecule has 0 radical (unpaired) electrons. The number of carbonyl (C=O) groups excluding carboxylic acids is 1. The molecule has 0 aromatic heterocycles. The second-order valence-electron chi connectivity index (χ2n) is 5.69. The number of ether oxygens (including phenoxy) is 2. The zero-order valence-electron chi connectivity index (χ0n) is 14.4. The first-order valence-electron chi connectivity index (χ1n) is 8.17. The maximum absolute atomic E-state index is 12.1. The van der Waals surface area contributed by atoms with E-state index in [2.05, 4.69) is 5.32 Å². The van der Waals surface area contributed by atoms with Crippen LogP contribution in [-0.4, -0.2) is 19.6 Å². The van der Waals surface area contributed by atoms with Crippen molar-refractivity contribution in [1.29, 1.82) is 0 Å². The van der Waals surface area contributed by atoms with Crippen LogP contribution in [0.15, 0.2) is 72.8 Å². The normalized spacial score (nSPS) is 10.2. The van der Waals surface area contributed by atoms with E-state index in [1.54, 1.807) is 18.2 Å². The molecule has 132 valence electrons. The molecular formula is C21H20N2O3. The monoisotopic (exact) mass is 348 g/mol. The van der Waals surface area contributed by atoms with Crippen molar-refractivity contribution in [1.82, 2.24) is 0 Å². The summed E-state index contributed by atoms with van der Waals surface area (Å²) in [6, 6.07) is 22.7. The predicted molar refractivity (Wildman–Crippen MR) is 103 cm³/mol. The van der Waals surface area contributed by atoms with Gasteiger partial charge in [0, 0.05) is 11.8 Å². The fourth-order valence-electron chi connectivity index (χ4n) is 2.52. The van der Waals surface area contributed by atoms with Crippen LogP contribution in [0.25, 0.3) is 11.1 Å². The van der Waals surface area contributed by atoms with E-state index in [-0.39, 0.29) is 12.5 Å². The van der Waals surface area contributed by atoms with Crippen molar-refractivity contribution in [3.63, 3.8) is 0 Å². The van der Waals surface area contributed by atoms with Gasteiger partial charge < -0.3 is 20.5 Å². The zero-order chi connectivity index (χ0) is 18.4. The molecule has 0 unspecified atom stereocenters. The summed E-state index contributed by atoms with van der Waals surface area (Å²) in [5, 5.41) is 2.75. The number of nitrogen functional groups attached to an aromatic ring is 1. The molecule has 3 rings (SSSR count). The quantitative estimate of drug-likeness (QED) is 0.661. The maximum atomic E-state index is 12.1. The summed E-state index contributed by atoms with van der Waals surface area (Å²) in [6.45, 7) is -0.0990. The Balaban J connectivity index is 1.58. The predicted octanol–water partition coefficient (Wildman–Crippen LogP) is 3.96. The molecule has 0 heterocycles. The van der Waals surface area contributed by atoms with E-state index >= 15 is 0 Å². The van der Waals surface area contributed by atoms with Crippen molar-refractivity contribution >= 4 is 17.3 Å². The number of hydrogen-bond acceptors (Lipinski definition) is 4. The summed E-state index contributed by atoms with van der Waals surface area (Å²) in [5.41, 5.74) is 9.04. The minimum atomic E-state index is -0.278. The molecule has 0 spiro atoms. The van der Waals surface area contributed by atoms with E-state index in [4.69, 9.17) is 15.2 Å². The molecule has 5 nitrogen and oxygen atoms in total. The molecule has 0 atom stereocenters. The molecular weight excluding hydrogens is 328 g/mol. The van der Waals surface area contributed by atoms with Crippen LogP contribution in [0, 0.1) is 0 Å². The minimum absolute atomic E-state index is 0.0990. The van der Waals surface area contributed by atoms with Gasteiger partial charge in [0.25, 0.3) is 5.91 Å².